The number of piperidine rings is 1. The summed E-state index contributed by atoms with van der Waals surface area (Å²) >= 11 is 0. The summed E-state index contributed by atoms with van der Waals surface area (Å²) in [6.45, 7) is 6.74. The molecule has 0 aliphatic carbocycles. The van der Waals surface area contributed by atoms with E-state index in [1.807, 2.05) is 37.9 Å². The first-order valence-electron chi connectivity index (χ1n) is 9.93. The number of likely N-dealkylation sites (tertiary alicyclic amines) is 1. The highest BCUT2D eigenvalue weighted by molar-refractivity contribution is 5.80. The van der Waals surface area contributed by atoms with Gasteiger partial charge in [-0.15, -0.1) is 0 Å². The van der Waals surface area contributed by atoms with Crippen LogP contribution in [0.4, 0.5) is 4.39 Å². The third-order valence-corrected chi connectivity index (χ3v) is 5.48. The molecular weight excluding hydrogens is 355 g/mol. The lowest BCUT2D eigenvalue weighted by atomic mass is 9.93. The second-order valence-electron chi connectivity index (χ2n) is 7.63. The van der Waals surface area contributed by atoms with E-state index in [0.717, 1.165) is 50.7 Å². The molecular formula is C21H31FN6. The summed E-state index contributed by atoms with van der Waals surface area (Å²) in [5.41, 5.74) is 1.11. The molecule has 2 aromatic rings. The van der Waals surface area contributed by atoms with Crippen LogP contribution in [0.3, 0.4) is 0 Å². The molecule has 152 valence electrons. The average Bonchev–Trinajstić information content (AvgIpc) is 3.22. The molecule has 1 N–H and O–H groups in total. The number of aromatic nitrogens is 2. The van der Waals surface area contributed by atoms with Crippen molar-refractivity contribution < 1.29 is 4.39 Å². The van der Waals surface area contributed by atoms with E-state index >= 15 is 0 Å². The molecule has 0 radical (unpaired) electrons. The van der Waals surface area contributed by atoms with E-state index in [-0.39, 0.29) is 5.82 Å². The SMILES string of the molecule is CN=C(NCCN(C)Cc1ccc(F)cc1)N1CCC(C)C(n2ccnc2)C1. The van der Waals surface area contributed by atoms with Crippen LogP contribution in [0.5, 0.6) is 0 Å². The molecule has 2 heterocycles. The van der Waals surface area contributed by atoms with Gasteiger partial charge < -0.3 is 19.7 Å². The van der Waals surface area contributed by atoms with Gasteiger partial charge in [-0.25, -0.2) is 9.37 Å². The number of benzene rings is 1. The van der Waals surface area contributed by atoms with E-state index in [1.54, 1.807) is 0 Å². The van der Waals surface area contributed by atoms with Gasteiger partial charge in [0.2, 0.25) is 0 Å². The molecule has 2 atom stereocenters. The van der Waals surface area contributed by atoms with Gasteiger partial charge in [0.15, 0.2) is 5.96 Å². The maximum absolute atomic E-state index is 13.0. The Labute approximate surface area is 167 Å². The lowest BCUT2D eigenvalue weighted by Gasteiger charge is -2.39. The van der Waals surface area contributed by atoms with Crippen molar-refractivity contribution >= 4 is 5.96 Å². The summed E-state index contributed by atoms with van der Waals surface area (Å²) in [5.74, 6) is 1.37. The summed E-state index contributed by atoms with van der Waals surface area (Å²) < 4.78 is 15.2. The van der Waals surface area contributed by atoms with E-state index in [0.29, 0.717) is 12.0 Å². The third-order valence-electron chi connectivity index (χ3n) is 5.48. The minimum absolute atomic E-state index is 0.193. The van der Waals surface area contributed by atoms with Gasteiger partial charge in [-0.3, -0.25) is 4.99 Å². The second kappa shape index (κ2) is 9.68. The normalized spacial score (nSPS) is 20.6. The van der Waals surface area contributed by atoms with Crippen LogP contribution in [-0.4, -0.2) is 65.6 Å². The first-order valence-corrected chi connectivity index (χ1v) is 9.93. The van der Waals surface area contributed by atoms with Crippen LogP contribution < -0.4 is 5.32 Å². The fourth-order valence-corrected chi connectivity index (χ4v) is 3.77. The van der Waals surface area contributed by atoms with Crippen molar-refractivity contribution in [2.75, 3.05) is 40.3 Å². The van der Waals surface area contributed by atoms with Crippen molar-refractivity contribution in [1.29, 1.82) is 0 Å². The molecule has 0 spiro atoms. The smallest absolute Gasteiger partial charge is 0.193 e. The molecule has 1 aromatic carbocycles. The highest BCUT2D eigenvalue weighted by Gasteiger charge is 2.28. The number of nitrogens with zero attached hydrogens (tertiary/aromatic N) is 5. The maximum Gasteiger partial charge on any atom is 0.193 e. The lowest BCUT2D eigenvalue weighted by Crippen LogP contribution is -2.50. The standard InChI is InChI=1S/C21H31FN6/c1-17-8-11-27(15-20(17)28-13-9-24-16-28)21(23-2)25-10-12-26(3)14-18-4-6-19(22)7-5-18/h4-7,9,13,16-17,20H,8,10-12,14-15H2,1-3H3,(H,23,25). The van der Waals surface area contributed by atoms with Crippen molar-refractivity contribution in [3.63, 3.8) is 0 Å². The highest BCUT2D eigenvalue weighted by Crippen LogP contribution is 2.27. The Morgan fingerprint density at radius 1 is 1.36 bits per heavy atom. The molecule has 1 aliphatic heterocycles. The van der Waals surface area contributed by atoms with Gasteiger partial charge in [0.05, 0.1) is 12.4 Å². The molecule has 28 heavy (non-hydrogen) atoms. The van der Waals surface area contributed by atoms with Crippen molar-refractivity contribution in [2.45, 2.75) is 25.9 Å². The molecule has 7 heteroatoms. The van der Waals surface area contributed by atoms with Gasteiger partial charge >= 0.3 is 0 Å². The van der Waals surface area contributed by atoms with Crippen LogP contribution in [0.1, 0.15) is 24.9 Å². The number of guanidine groups is 1. The average molecular weight is 387 g/mol. The molecule has 0 saturated carbocycles. The zero-order valence-electron chi connectivity index (χ0n) is 17.1. The Morgan fingerprint density at radius 3 is 2.82 bits per heavy atom. The number of imidazole rings is 1. The quantitative estimate of drug-likeness (QED) is 0.612. The van der Waals surface area contributed by atoms with Crippen LogP contribution in [0, 0.1) is 11.7 Å². The van der Waals surface area contributed by atoms with Gasteiger partial charge in [0, 0.05) is 52.2 Å². The predicted octanol–water partition coefficient (Wildman–Crippen LogP) is 2.61. The molecule has 2 unspecified atom stereocenters. The Bertz CT molecular complexity index is 743. The maximum atomic E-state index is 13.0. The first kappa shape index (κ1) is 20.3. The number of rotatable bonds is 6. The zero-order valence-corrected chi connectivity index (χ0v) is 17.1. The van der Waals surface area contributed by atoms with Gasteiger partial charge in [0.1, 0.15) is 5.82 Å². The van der Waals surface area contributed by atoms with Gasteiger partial charge in [0.25, 0.3) is 0 Å². The number of likely N-dealkylation sites (N-methyl/N-ethyl adjacent to an activating group) is 1. The summed E-state index contributed by atoms with van der Waals surface area (Å²) in [6, 6.07) is 7.11. The predicted molar refractivity (Wildman–Crippen MR) is 111 cm³/mol. The molecule has 6 nitrogen and oxygen atoms in total. The van der Waals surface area contributed by atoms with Crippen molar-refractivity contribution in [3.8, 4) is 0 Å². The van der Waals surface area contributed by atoms with Gasteiger partial charge in [-0.2, -0.15) is 0 Å². The Kier molecular flexibility index (Phi) is 7.03. The first-order chi connectivity index (χ1) is 13.6. The second-order valence-corrected chi connectivity index (χ2v) is 7.63. The Morgan fingerprint density at radius 2 is 2.14 bits per heavy atom. The molecule has 1 fully saturated rings. The number of nitrogens with one attached hydrogen (secondary N) is 1. The summed E-state index contributed by atoms with van der Waals surface area (Å²) in [5, 5.41) is 3.49. The van der Waals surface area contributed by atoms with Gasteiger partial charge in [-0.05, 0) is 37.1 Å². The van der Waals surface area contributed by atoms with Crippen molar-refractivity contribution in [1.82, 2.24) is 24.7 Å². The molecule has 1 aromatic heterocycles. The molecule has 0 amide bonds. The molecule has 1 aliphatic rings. The topological polar surface area (TPSA) is 48.7 Å². The monoisotopic (exact) mass is 386 g/mol. The fraction of sp³-hybridized carbons (Fsp3) is 0.524. The van der Waals surface area contributed by atoms with Crippen molar-refractivity contribution in [3.05, 3.63) is 54.4 Å². The fourth-order valence-electron chi connectivity index (χ4n) is 3.77. The van der Waals surface area contributed by atoms with E-state index in [1.165, 1.54) is 12.1 Å². The van der Waals surface area contributed by atoms with Crippen LogP contribution in [-0.2, 0) is 6.54 Å². The summed E-state index contributed by atoms with van der Waals surface area (Å²) in [6.07, 6.45) is 6.93. The van der Waals surface area contributed by atoms with Crippen LogP contribution in [0.15, 0.2) is 48.0 Å². The summed E-state index contributed by atoms with van der Waals surface area (Å²) in [7, 11) is 3.92. The van der Waals surface area contributed by atoms with E-state index in [2.05, 4.69) is 43.6 Å². The number of hydrogen-bond acceptors (Lipinski definition) is 3. The van der Waals surface area contributed by atoms with E-state index < -0.39 is 0 Å². The molecule has 1 saturated heterocycles. The Hall–Kier alpha value is -2.41. The molecule has 3 rings (SSSR count). The van der Waals surface area contributed by atoms with Crippen molar-refractivity contribution in [2.24, 2.45) is 10.9 Å². The van der Waals surface area contributed by atoms with Crippen LogP contribution >= 0.6 is 0 Å². The summed E-state index contributed by atoms with van der Waals surface area (Å²) in [4.78, 5) is 13.3. The number of aliphatic imine (C=N–C) groups is 1. The van der Waals surface area contributed by atoms with Gasteiger partial charge in [-0.1, -0.05) is 19.1 Å². The van der Waals surface area contributed by atoms with E-state index in [4.69, 9.17) is 0 Å². The minimum Gasteiger partial charge on any atom is -0.355 e. The largest absolute Gasteiger partial charge is 0.355 e. The number of hydrogen-bond donors (Lipinski definition) is 1. The minimum atomic E-state index is -0.193. The zero-order chi connectivity index (χ0) is 19.9. The molecule has 0 bridgehead atoms. The van der Waals surface area contributed by atoms with E-state index in [9.17, 15) is 4.39 Å². The highest BCUT2D eigenvalue weighted by atomic mass is 19.1. The lowest BCUT2D eigenvalue weighted by molar-refractivity contribution is 0.188. The third kappa shape index (κ3) is 5.32. The number of halogens is 1. The van der Waals surface area contributed by atoms with Crippen LogP contribution in [0.25, 0.3) is 0 Å². The van der Waals surface area contributed by atoms with Crippen LogP contribution in [0.2, 0.25) is 0 Å². The Balaban J connectivity index is 1.48.